The molecule has 3 rings (SSSR count). The van der Waals surface area contributed by atoms with Crippen LogP contribution in [-0.2, 0) is 0 Å². The Morgan fingerprint density at radius 3 is 2.68 bits per heavy atom. The molecule has 6 nitrogen and oxygen atoms in total. The summed E-state index contributed by atoms with van der Waals surface area (Å²) in [7, 11) is 2.12. The molecular weight excluding hydrogens is 300 g/mol. The number of nitrogens with one attached hydrogen (secondary N) is 1. The average molecular weight is 319 g/mol. The lowest BCUT2D eigenvalue weighted by atomic mass is 10.2. The zero-order valence-corrected chi connectivity index (χ0v) is 13.5. The highest BCUT2D eigenvalue weighted by atomic mass is 35.5. The van der Waals surface area contributed by atoms with Gasteiger partial charge >= 0.3 is 0 Å². The zero-order valence-electron chi connectivity index (χ0n) is 12.8. The predicted molar refractivity (Wildman–Crippen MR) is 89.0 cm³/mol. The summed E-state index contributed by atoms with van der Waals surface area (Å²) in [6, 6.07) is 5.71. The Labute approximate surface area is 135 Å². The van der Waals surface area contributed by atoms with Crippen molar-refractivity contribution in [3.05, 3.63) is 35.0 Å². The van der Waals surface area contributed by atoms with Gasteiger partial charge in [-0.3, -0.25) is 0 Å². The Morgan fingerprint density at radius 1 is 1.18 bits per heavy atom. The second kappa shape index (κ2) is 6.46. The summed E-state index contributed by atoms with van der Waals surface area (Å²) in [5.74, 6) is 1.36. The molecule has 1 N–H and O–H groups in total. The number of hydrogen-bond acceptors (Lipinski definition) is 6. The second-order valence-corrected chi connectivity index (χ2v) is 5.95. The van der Waals surface area contributed by atoms with E-state index >= 15 is 0 Å². The van der Waals surface area contributed by atoms with Gasteiger partial charge in [-0.05, 0) is 37.7 Å². The molecule has 0 atom stereocenters. The maximum absolute atomic E-state index is 5.98. The molecule has 2 heterocycles. The molecule has 0 unspecified atom stereocenters. The minimum Gasteiger partial charge on any atom is -0.339 e. The fraction of sp³-hybridized carbons (Fsp3) is 0.400. The van der Waals surface area contributed by atoms with Gasteiger partial charge in [-0.1, -0.05) is 11.6 Å². The summed E-state index contributed by atoms with van der Waals surface area (Å²) in [5, 5.41) is 12.2. The Bertz CT molecular complexity index is 654. The first-order chi connectivity index (χ1) is 10.6. The summed E-state index contributed by atoms with van der Waals surface area (Å²) in [4.78, 5) is 9.02. The number of aryl methyl sites for hydroxylation is 1. The van der Waals surface area contributed by atoms with E-state index in [9.17, 15) is 0 Å². The van der Waals surface area contributed by atoms with Crippen molar-refractivity contribution in [2.75, 3.05) is 43.4 Å². The third-order valence-electron chi connectivity index (χ3n) is 3.78. The number of hydrogen-bond donors (Lipinski definition) is 1. The first kappa shape index (κ1) is 15.0. The van der Waals surface area contributed by atoms with Crippen LogP contribution in [0.15, 0.2) is 24.4 Å². The van der Waals surface area contributed by atoms with Crippen LogP contribution < -0.4 is 10.2 Å². The molecule has 1 aliphatic heterocycles. The Morgan fingerprint density at radius 2 is 1.95 bits per heavy atom. The topological polar surface area (TPSA) is 57.2 Å². The fourth-order valence-electron chi connectivity index (χ4n) is 2.40. The van der Waals surface area contributed by atoms with E-state index in [0.29, 0.717) is 11.8 Å². The van der Waals surface area contributed by atoms with Crippen LogP contribution in [-0.4, -0.2) is 53.3 Å². The minimum absolute atomic E-state index is 0.671. The summed E-state index contributed by atoms with van der Waals surface area (Å²) < 4.78 is 0. The molecule has 1 aromatic heterocycles. The molecule has 0 bridgehead atoms. The molecular formula is C15H19ClN6. The SMILES string of the molecule is Cc1cc(Cl)ccc1Nc1cnnc(N2CCN(C)CC2)n1. The molecule has 7 heteroatoms. The van der Waals surface area contributed by atoms with Gasteiger partial charge in [0.25, 0.3) is 0 Å². The van der Waals surface area contributed by atoms with Gasteiger partial charge in [0.05, 0.1) is 6.20 Å². The fourth-order valence-corrected chi connectivity index (χ4v) is 2.63. The van der Waals surface area contributed by atoms with Crippen molar-refractivity contribution < 1.29 is 0 Å². The molecule has 1 aromatic carbocycles. The van der Waals surface area contributed by atoms with E-state index < -0.39 is 0 Å². The van der Waals surface area contributed by atoms with Gasteiger partial charge in [-0.25, -0.2) is 0 Å². The van der Waals surface area contributed by atoms with E-state index in [4.69, 9.17) is 11.6 Å². The molecule has 1 fully saturated rings. The van der Waals surface area contributed by atoms with Crippen molar-refractivity contribution in [3.63, 3.8) is 0 Å². The van der Waals surface area contributed by atoms with Crippen LogP contribution in [0.3, 0.4) is 0 Å². The van der Waals surface area contributed by atoms with Crippen LogP contribution in [0, 0.1) is 6.92 Å². The number of piperazine rings is 1. The molecule has 116 valence electrons. The zero-order chi connectivity index (χ0) is 15.5. The monoisotopic (exact) mass is 318 g/mol. The van der Waals surface area contributed by atoms with Crippen LogP contribution in [0.2, 0.25) is 5.02 Å². The third-order valence-corrected chi connectivity index (χ3v) is 4.02. The van der Waals surface area contributed by atoms with Gasteiger partial charge in [0.1, 0.15) is 0 Å². The third kappa shape index (κ3) is 3.45. The van der Waals surface area contributed by atoms with Crippen LogP contribution in [0.4, 0.5) is 17.5 Å². The molecule has 2 aromatic rings. The lowest BCUT2D eigenvalue weighted by Crippen LogP contribution is -2.45. The van der Waals surface area contributed by atoms with Crippen LogP contribution >= 0.6 is 11.6 Å². The van der Waals surface area contributed by atoms with Gasteiger partial charge in [0.2, 0.25) is 5.95 Å². The lowest BCUT2D eigenvalue weighted by molar-refractivity contribution is 0.311. The number of rotatable bonds is 3. The highest BCUT2D eigenvalue weighted by Crippen LogP contribution is 2.23. The molecule has 0 amide bonds. The number of anilines is 3. The quantitative estimate of drug-likeness (QED) is 0.937. The molecule has 0 aliphatic carbocycles. The van der Waals surface area contributed by atoms with Gasteiger partial charge in [0, 0.05) is 36.9 Å². The molecule has 1 aliphatic rings. The average Bonchev–Trinajstić information content (AvgIpc) is 2.51. The molecule has 0 radical (unpaired) electrons. The Balaban J connectivity index is 1.76. The highest BCUT2D eigenvalue weighted by molar-refractivity contribution is 6.30. The number of nitrogens with zero attached hydrogens (tertiary/aromatic N) is 5. The van der Waals surface area contributed by atoms with E-state index in [-0.39, 0.29) is 0 Å². The largest absolute Gasteiger partial charge is 0.339 e. The number of halogens is 1. The van der Waals surface area contributed by atoms with E-state index in [1.807, 2.05) is 25.1 Å². The summed E-state index contributed by atoms with van der Waals surface area (Å²) in [6.07, 6.45) is 1.63. The van der Waals surface area contributed by atoms with Gasteiger partial charge in [0.15, 0.2) is 5.82 Å². The van der Waals surface area contributed by atoms with Crippen molar-refractivity contribution in [3.8, 4) is 0 Å². The normalized spacial score (nSPS) is 15.9. The predicted octanol–water partition coefficient (Wildman–Crippen LogP) is 2.33. The minimum atomic E-state index is 0.671. The van der Waals surface area contributed by atoms with Crippen LogP contribution in [0.25, 0.3) is 0 Å². The van der Waals surface area contributed by atoms with Crippen LogP contribution in [0.1, 0.15) is 5.56 Å². The van der Waals surface area contributed by atoms with E-state index in [2.05, 4.69) is 37.3 Å². The number of benzene rings is 1. The standard InChI is InChI=1S/C15H19ClN6/c1-11-9-12(16)3-4-13(11)18-14-10-17-20-15(19-14)22-7-5-21(2)6-8-22/h3-4,9-10H,5-8H2,1-2H3,(H,18,19,20). The maximum atomic E-state index is 5.98. The van der Waals surface area contributed by atoms with E-state index in [1.54, 1.807) is 6.20 Å². The number of likely N-dealkylation sites (N-methyl/N-ethyl adjacent to an activating group) is 1. The van der Waals surface area contributed by atoms with Crippen molar-refractivity contribution in [2.45, 2.75) is 6.92 Å². The molecule has 1 saturated heterocycles. The summed E-state index contributed by atoms with van der Waals surface area (Å²) in [5.41, 5.74) is 2.03. The first-order valence-corrected chi connectivity index (χ1v) is 7.66. The van der Waals surface area contributed by atoms with E-state index in [1.165, 1.54) is 0 Å². The highest BCUT2D eigenvalue weighted by Gasteiger charge is 2.17. The molecule has 0 saturated carbocycles. The maximum Gasteiger partial charge on any atom is 0.247 e. The van der Waals surface area contributed by atoms with Crippen molar-refractivity contribution >= 4 is 29.1 Å². The number of aromatic nitrogens is 3. The van der Waals surface area contributed by atoms with Crippen LogP contribution in [0.5, 0.6) is 0 Å². The van der Waals surface area contributed by atoms with Gasteiger partial charge < -0.3 is 15.1 Å². The second-order valence-electron chi connectivity index (χ2n) is 5.52. The first-order valence-electron chi connectivity index (χ1n) is 7.28. The van der Waals surface area contributed by atoms with E-state index in [0.717, 1.165) is 42.5 Å². The molecule has 22 heavy (non-hydrogen) atoms. The van der Waals surface area contributed by atoms with Crippen molar-refractivity contribution in [1.82, 2.24) is 20.1 Å². The van der Waals surface area contributed by atoms with Crippen molar-refractivity contribution in [2.24, 2.45) is 0 Å². The van der Waals surface area contributed by atoms with Gasteiger partial charge in [-0.2, -0.15) is 10.1 Å². The van der Waals surface area contributed by atoms with Gasteiger partial charge in [-0.15, -0.1) is 5.10 Å². The summed E-state index contributed by atoms with van der Waals surface area (Å²) >= 11 is 5.98. The Kier molecular flexibility index (Phi) is 4.40. The lowest BCUT2D eigenvalue weighted by Gasteiger charge is -2.32. The van der Waals surface area contributed by atoms with Crippen molar-refractivity contribution in [1.29, 1.82) is 0 Å². The molecule has 0 spiro atoms. The smallest absolute Gasteiger partial charge is 0.247 e. The summed E-state index contributed by atoms with van der Waals surface area (Å²) in [6.45, 7) is 5.86. The Hall–Kier alpha value is -1.92.